The van der Waals surface area contributed by atoms with Crippen molar-refractivity contribution in [3.8, 4) is 0 Å². The minimum atomic E-state index is 0.469. The predicted molar refractivity (Wildman–Crippen MR) is 70.5 cm³/mol. The zero-order valence-electron chi connectivity index (χ0n) is 10.5. The predicted octanol–water partition coefficient (Wildman–Crippen LogP) is 2.34. The molecule has 0 aliphatic rings. The molecule has 0 saturated heterocycles. The van der Waals surface area contributed by atoms with E-state index in [-0.39, 0.29) is 0 Å². The second kappa shape index (κ2) is 6.99. The lowest BCUT2D eigenvalue weighted by molar-refractivity contribution is 0.164. The highest BCUT2D eigenvalue weighted by atomic mass is 32.1. The van der Waals surface area contributed by atoms with E-state index in [0.717, 1.165) is 18.8 Å². The van der Waals surface area contributed by atoms with E-state index in [4.69, 9.17) is 5.73 Å². The molecule has 0 aliphatic carbocycles. The van der Waals surface area contributed by atoms with Gasteiger partial charge in [-0.2, -0.15) is 0 Å². The smallest absolute Gasteiger partial charge is 0.0795 e. The third kappa shape index (κ3) is 3.54. The van der Waals surface area contributed by atoms with E-state index in [0.29, 0.717) is 12.0 Å². The van der Waals surface area contributed by atoms with Crippen LogP contribution in [0.15, 0.2) is 10.9 Å². The normalized spacial score (nSPS) is 13.6. The monoisotopic (exact) mass is 241 g/mol. The standard InChI is InChI=1S/C12H23N3S/c1-4-10(5-2)12(6-13)15(3)7-11-8-16-9-14-11/h8-10,12H,4-7,13H2,1-3H3. The summed E-state index contributed by atoms with van der Waals surface area (Å²) in [5.41, 5.74) is 8.93. The minimum absolute atomic E-state index is 0.469. The number of hydrogen-bond donors (Lipinski definition) is 1. The molecule has 1 rings (SSSR count). The van der Waals surface area contributed by atoms with Crippen LogP contribution in [0.3, 0.4) is 0 Å². The molecule has 1 aromatic heterocycles. The molecule has 92 valence electrons. The first-order valence-electron chi connectivity index (χ1n) is 6.00. The first-order valence-corrected chi connectivity index (χ1v) is 6.94. The highest BCUT2D eigenvalue weighted by Crippen LogP contribution is 2.18. The van der Waals surface area contributed by atoms with Crippen molar-refractivity contribution in [1.82, 2.24) is 9.88 Å². The van der Waals surface area contributed by atoms with Crippen LogP contribution in [0, 0.1) is 5.92 Å². The first kappa shape index (κ1) is 13.6. The fraction of sp³-hybridized carbons (Fsp3) is 0.750. The molecule has 0 saturated carbocycles. The SMILES string of the molecule is CCC(CC)C(CN)N(C)Cc1cscn1. The summed E-state index contributed by atoms with van der Waals surface area (Å²) in [6, 6.07) is 0.469. The van der Waals surface area contributed by atoms with Crippen LogP contribution in [0.25, 0.3) is 0 Å². The van der Waals surface area contributed by atoms with Gasteiger partial charge < -0.3 is 5.73 Å². The number of nitrogens with zero attached hydrogens (tertiary/aromatic N) is 2. The van der Waals surface area contributed by atoms with Crippen LogP contribution in [0.1, 0.15) is 32.4 Å². The zero-order chi connectivity index (χ0) is 12.0. The second-order valence-corrected chi connectivity index (χ2v) is 4.99. The van der Waals surface area contributed by atoms with Crippen molar-refractivity contribution in [2.24, 2.45) is 11.7 Å². The number of rotatable bonds is 7. The molecule has 1 aromatic rings. The second-order valence-electron chi connectivity index (χ2n) is 4.27. The third-order valence-corrected chi connectivity index (χ3v) is 3.93. The first-order chi connectivity index (χ1) is 7.72. The number of aromatic nitrogens is 1. The van der Waals surface area contributed by atoms with Gasteiger partial charge in [-0.15, -0.1) is 11.3 Å². The molecule has 0 amide bonds. The van der Waals surface area contributed by atoms with Gasteiger partial charge in [0, 0.05) is 24.5 Å². The van der Waals surface area contributed by atoms with Crippen LogP contribution in [-0.4, -0.2) is 29.5 Å². The molecule has 2 N–H and O–H groups in total. The number of hydrogen-bond acceptors (Lipinski definition) is 4. The molecule has 1 unspecified atom stereocenters. The van der Waals surface area contributed by atoms with Crippen LogP contribution >= 0.6 is 11.3 Å². The molecule has 0 bridgehead atoms. The Labute approximate surface area is 103 Å². The van der Waals surface area contributed by atoms with Gasteiger partial charge in [0.15, 0.2) is 0 Å². The Bertz CT molecular complexity index is 270. The van der Waals surface area contributed by atoms with Crippen molar-refractivity contribution in [2.45, 2.75) is 39.3 Å². The lowest BCUT2D eigenvalue weighted by Crippen LogP contribution is -2.42. The molecule has 0 fully saturated rings. The van der Waals surface area contributed by atoms with Crippen molar-refractivity contribution in [3.05, 3.63) is 16.6 Å². The molecule has 4 heteroatoms. The van der Waals surface area contributed by atoms with Gasteiger partial charge in [-0.1, -0.05) is 26.7 Å². The average molecular weight is 241 g/mol. The molecule has 0 radical (unpaired) electrons. The molecule has 0 aliphatic heterocycles. The van der Waals surface area contributed by atoms with Crippen molar-refractivity contribution < 1.29 is 0 Å². The van der Waals surface area contributed by atoms with Crippen LogP contribution < -0.4 is 5.73 Å². The van der Waals surface area contributed by atoms with Crippen molar-refractivity contribution in [2.75, 3.05) is 13.6 Å². The van der Waals surface area contributed by atoms with E-state index in [9.17, 15) is 0 Å². The van der Waals surface area contributed by atoms with E-state index in [2.05, 4.69) is 36.2 Å². The summed E-state index contributed by atoms with van der Waals surface area (Å²) in [5, 5.41) is 2.11. The van der Waals surface area contributed by atoms with Gasteiger partial charge in [0.25, 0.3) is 0 Å². The van der Waals surface area contributed by atoms with Crippen molar-refractivity contribution in [3.63, 3.8) is 0 Å². The lowest BCUT2D eigenvalue weighted by atomic mass is 9.93. The summed E-state index contributed by atoms with van der Waals surface area (Å²) in [7, 11) is 2.15. The quantitative estimate of drug-likeness (QED) is 0.796. The van der Waals surface area contributed by atoms with Gasteiger partial charge in [0.05, 0.1) is 11.2 Å². The molecule has 1 heterocycles. The van der Waals surface area contributed by atoms with Crippen LogP contribution in [-0.2, 0) is 6.54 Å². The highest BCUT2D eigenvalue weighted by molar-refractivity contribution is 7.07. The fourth-order valence-electron chi connectivity index (χ4n) is 2.25. The largest absolute Gasteiger partial charge is 0.329 e. The molecule has 0 aromatic carbocycles. The van der Waals surface area contributed by atoms with Crippen LogP contribution in [0.2, 0.25) is 0 Å². The topological polar surface area (TPSA) is 42.1 Å². The lowest BCUT2D eigenvalue weighted by Gasteiger charge is -2.32. The molecule has 16 heavy (non-hydrogen) atoms. The average Bonchev–Trinajstić information content (AvgIpc) is 2.78. The molecular weight excluding hydrogens is 218 g/mol. The Morgan fingerprint density at radius 1 is 1.44 bits per heavy atom. The summed E-state index contributed by atoms with van der Waals surface area (Å²) in [5.74, 6) is 0.689. The van der Waals surface area contributed by atoms with Gasteiger partial charge in [0.2, 0.25) is 0 Å². The number of nitrogens with two attached hydrogens (primary N) is 1. The summed E-state index contributed by atoms with van der Waals surface area (Å²) < 4.78 is 0. The summed E-state index contributed by atoms with van der Waals surface area (Å²) in [6.07, 6.45) is 2.39. The number of thiazole rings is 1. The van der Waals surface area contributed by atoms with Crippen molar-refractivity contribution in [1.29, 1.82) is 0 Å². The Morgan fingerprint density at radius 2 is 2.12 bits per heavy atom. The molecule has 1 atom stereocenters. The highest BCUT2D eigenvalue weighted by Gasteiger charge is 2.21. The van der Waals surface area contributed by atoms with Crippen molar-refractivity contribution >= 4 is 11.3 Å². The Hall–Kier alpha value is -0.450. The van der Waals surface area contributed by atoms with E-state index < -0.39 is 0 Å². The Morgan fingerprint density at radius 3 is 2.56 bits per heavy atom. The van der Waals surface area contributed by atoms with Gasteiger partial charge in [-0.25, -0.2) is 4.98 Å². The van der Waals surface area contributed by atoms with Crippen LogP contribution in [0.4, 0.5) is 0 Å². The van der Waals surface area contributed by atoms with Gasteiger partial charge in [-0.3, -0.25) is 4.90 Å². The number of likely N-dealkylation sites (N-methyl/N-ethyl adjacent to an activating group) is 1. The zero-order valence-corrected chi connectivity index (χ0v) is 11.3. The molecule has 0 spiro atoms. The maximum absolute atomic E-state index is 5.90. The summed E-state index contributed by atoms with van der Waals surface area (Å²) in [6.45, 7) is 6.12. The maximum atomic E-state index is 5.90. The van der Waals surface area contributed by atoms with Gasteiger partial charge in [-0.05, 0) is 13.0 Å². The maximum Gasteiger partial charge on any atom is 0.0795 e. The summed E-state index contributed by atoms with van der Waals surface area (Å²) in [4.78, 5) is 6.66. The van der Waals surface area contributed by atoms with Crippen LogP contribution in [0.5, 0.6) is 0 Å². The molecular formula is C12H23N3S. The van der Waals surface area contributed by atoms with E-state index in [1.165, 1.54) is 12.8 Å². The van der Waals surface area contributed by atoms with E-state index >= 15 is 0 Å². The van der Waals surface area contributed by atoms with E-state index in [1.54, 1.807) is 11.3 Å². The van der Waals surface area contributed by atoms with Gasteiger partial charge in [0.1, 0.15) is 0 Å². The summed E-state index contributed by atoms with van der Waals surface area (Å²) >= 11 is 1.65. The Balaban J connectivity index is 2.58. The minimum Gasteiger partial charge on any atom is -0.329 e. The fourth-order valence-corrected chi connectivity index (χ4v) is 2.80. The van der Waals surface area contributed by atoms with Gasteiger partial charge >= 0.3 is 0 Å². The third-order valence-electron chi connectivity index (χ3n) is 3.30. The Kier molecular flexibility index (Phi) is 5.95. The molecule has 3 nitrogen and oxygen atoms in total. The van der Waals surface area contributed by atoms with E-state index in [1.807, 2.05) is 5.51 Å².